The van der Waals surface area contributed by atoms with E-state index in [1.807, 2.05) is 18.2 Å². The van der Waals surface area contributed by atoms with E-state index in [1.165, 1.54) is 0 Å². The van der Waals surface area contributed by atoms with Gasteiger partial charge in [0.05, 0.1) is 6.04 Å². The standard InChI is InChI=1S/C17H23N3O2/c1-17(2,3)16-20-13-10-11(7-8-14(13)22-16)19-15(21)12-6-4-5-9-18-12/h7-8,10,12,18H,4-6,9H2,1-3H3,(H,19,21). The van der Waals surface area contributed by atoms with Crippen molar-refractivity contribution in [2.75, 3.05) is 11.9 Å². The lowest BCUT2D eigenvalue weighted by molar-refractivity contribution is -0.118. The molecule has 1 aliphatic heterocycles. The molecule has 1 aliphatic rings. The number of carbonyl (C=O) groups excluding carboxylic acids is 1. The maximum Gasteiger partial charge on any atom is 0.241 e. The Bertz CT molecular complexity index is 679. The van der Waals surface area contributed by atoms with Gasteiger partial charge >= 0.3 is 0 Å². The summed E-state index contributed by atoms with van der Waals surface area (Å²) in [7, 11) is 0. The Labute approximate surface area is 130 Å². The average Bonchev–Trinajstić information content (AvgIpc) is 2.91. The third-order valence-corrected chi connectivity index (χ3v) is 3.92. The molecule has 1 aromatic heterocycles. The van der Waals surface area contributed by atoms with Crippen LogP contribution in [0.15, 0.2) is 22.6 Å². The fraction of sp³-hybridized carbons (Fsp3) is 0.529. The molecule has 3 rings (SSSR count). The van der Waals surface area contributed by atoms with E-state index in [9.17, 15) is 4.79 Å². The van der Waals surface area contributed by atoms with Gasteiger partial charge in [-0.2, -0.15) is 0 Å². The highest BCUT2D eigenvalue weighted by Crippen LogP contribution is 2.27. The first kappa shape index (κ1) is 15.0. The van der Waals surface area contributed by atoms with E-state index < -0.39 is 0 Å². The van der Waals surface area contributed by atoms with Crippen LogP contribution in [0.3, 0.4) is 0 Å². The lowest BCUT2D eigenvalue weighted by Crippen LogP contribution is -2.43. The van der Waals surface area contributed by atoms with Crippen molar-refractivity contribution in [3.8, 4) is 0 Å². The van der Waals surface area contributed by atoms with E-state index >= 15 is 0 Å². The molecular formula is C17H23N3O2. The summed E-state index contributed by atoms with van der Waals surface area (Å²) in [6.45, 7) is 7.11. The Morgan fingerprint density at radius 2 is 2.18 bits per heavy atom. The van der Waals surface area contributed by atoms with Crippen LogP contribution < -0.4 is 10.6 Å². The second-order valence-corrected chi connectivity index (χ2v) is 6.94. The summed E-state index contributed by atoms with van der Waals surface area (Å²) in [4.78, 5) is 16.8. The first-order valence-electron chi connectivity index (χ1n) is 7.89. The Kier molecular flexibility index (Phi) is 3.91. The molecule has 1 atom stereocenters. The molecule has 0 radical (unpaired) electrons. The molecule has 2 heterocycles. The van der Waals surface area contributed by atoms with Gasteiger partial charge in [-0.05, 0) is 37.6 Å². The molecule has 1 amide bonds. The zero-order valence-electron chi connectivity index (χ0n) is 13.4. The predicted octanol–water partition coefficient (Wildman–Crippen LogP) is 3.21. The summed E-state index contributed by atoms with van der Waals surface area (Å²) < 4.78 is 5.77. The summed E-state index contributed by atoms with van der Waals surface area (Å²) >= 11 is 0. The highest BCUT2D eigenvalue weighted by atomic mass is 16.3. The van der Waals surface area contributed by atoms with Gasteiger partial charge < -0.3 is 15.1 Å². The minimum Gasteiger partial charge on any atom is -0.440 e. The van der Waals surface area contributed by atoms with Crippen LogP contribution in [0.5, 0.6) is 0 Å². The topological polar surface area (TPSA) is 67.2 Å². The molecule has 118 valence electrons. The second-order valence-electron chi connectivity index (χ2n) is 6.94. The first-order chi connectivity index (χ1) is 10.4. The smallest absolute Gasteiger partial charge is 0.241 e. The lowest BCUT2D eigenvalue weighted by atomic mass is 9.97. The van der Waals surface area contributed by atoms with Gasteiger partial charge in [0.25, 0.3) is 0 Å². The van der Waals surface area contributed by atoms with Crippen LogP contribution in [-0.2, 0) is 10.2 Å². The zero-order valence-corrected chi connectivity index (χ0v) is 13.4. The third kappa shape index (κ3) is 3.14. The zero-order chi connectivity index (χ0) is 15.7. The Morgan fingerprint density at radius 1 is 1.36 bits per heavy atom. The highest BCUT2D eigenvalue weighted by molar-refractivity contribution is 5.96. The Morgan fingerprint density at radius 3 is 2.86 bits per heavy atom. The van der Waals surface area contributed by atoms with Gasteiger partial charge in [0.1, 0.15) is 5.52 Å². The first-order valence-corrected chi connectivity index (χ1v) is 7.89. The number of hydrogen-bond acceptors (Lipinski definition) is 4. The SMILES string of the molecule is CC(C)(C)c1nc2cc(NC(=O)C3CCCCN3)ccc2o1. The minimum atomic E-state index is -0.131. The molecule has 22 heavy (non-hydrogen) atoms. The second kappa shape index (κ2) is 5.72. The summed E-state index contributed by atoms with van der Waals surface area (Å²) in [5, 5.41) is 6.22. The molecule has 1 aromatic carbocycles. The van der Waals surface area contributed by atoms with E-state index in [2.05, 4.69) is 36.4 Å². The number of anilines is 1. The van der Waals surface area contributed by atoms with E-state index in [0.717, 1.165) is 42.6 Å². The lowest BCUT2D eigenvalue weighted by Gasteiger charge is -2.22. The van der Waals surface area contributed by atoms with E-state index in [4.69, 9.17) is 4.42 Å². The number of fused-ring (bicyclic) bond motifs is 1. The number of rotatable bonds is 2. The molecule has 0 aliphatic carbocycles. The van der Waals surface area contributed by atoms with Gasteiger partial charge in [-0.15, -0.1) is 0 Å². The number of hydrogen-bond donors (Lipinski definition) is 2. The maximum atomic E-state index is 12.3. The summed E-state index contributed by atoms with van der Waals surface area (Å²) in [6.07, 6.45) is 3.14. The van der Waals surface area contributed by atoms with Crippen molar-refractivity contribution in [3.05, 3.63) is 24.1 Å². The summed E-state index contributed by atoms with van der Waals surface area (Å²) in [5.41, 5.74) is 2.16. The average molecular weight is 301 g/mol. The van der Waals surface area contributed by atoms with E-state index in [0.29, 0.717) is 5.89 Å². The highest BCUT2D eigenvalue weighted by Gasteiger charge is 2.22. The number of aromatic nitrogens is 1. The number of benzene rings is 1. The van der Waals surface area contributed by atoms with Crippen molar-refractivity contribution < 1.29 is 9.21 Å². The van der Waals surface area contributed by atoms with Crippen LogP contribution in [0.4, 0.5) is 5.69 Å². The Balaban J connectivity index is 1.78. The van der Waals surface area contributed by atoms with Crippen molar-refractivity contribution in [2.45, 2.75) is 51.5 Å². The molecule has 2 aromatic rings. The minimum absolute atomic E-state index is 0.0265. The van der Waals surface area contributed by atoms with Crippen LogP contribution in [0.25, 0.3) is 11.1 Å². The van der Waals surface area contributed by atoms with Crippen LogP contribution in [-0.4, -0.2) is 23.5 Å². The molecule has 2 N–H and O–H groups in total. The number of carbonyl (C=O) groups is 1. The van der Waals surface area contributed by atoms with Gasteiger partial charge in [0.15, 0.2) is 5.58 Å². The number of nitrogens with one attached hydrogen (secondary N) is 2. The number of nitrogens with zero attached hydrogens (tertiary/aromatic N) is 1. The van der Waals surface area contributed by atoms with Crippen molar-refractivity contribution in [1.82, 2.24) is 10.3 Å². The Hall–Kier alpha value is -1.88. The third-order valence-electron chi connectivity index (χ3n) is 3.92. The van der Waals surface area contributed by atoms with Crippen LogP contribution in [0, 0.1) is 0 Å². The van der Waals surface area contributed by atoms with Gasteiger partial charge in [0.2, 0.25) is 11.8 Å². The van der Waals surface area contributed by atoms with Gasteiger partial charge in [-0.1, -0.05) is 27.2 Å². The van der Waals surface area contributed by atoms with Crippen molar-refractivity contribution in [2.24, 2.45) is 0 Å². The van der Waals surface area contributed by atoms with Crippen LogP contribution >= 0.6 is 0 Å². The molecule has 0 saturated carbocycles. The molecular weight excluding hydrogens is 278 g/mol. The number of oxazole rings is 1. The fourth-order valence-corrected chi connectivity index (χ4v) is 2.63. The summed E-state index contributed by atoms with van der Waals surface area (Å²) in [6, 6.07) is 5.50. The van der Waals surface area contributed by atoms with Crippen molar-refractivity contribution in [3.63, 3.8) is 0 Å². The van der Waals surface area contributed by atoms with Crippen LogP contribution in [0.1, 0.15) is 45.9 Å². The molecule has 5 nitrogen and oxygen atoms in total. The monoisotopic (exact) mass is 301 g/mol. The molecule has 1 saturated heterocycles. The quantitative estimate of drug-likeness (QED) is 0.894. The molecule has 0 spiro atoms. The van der Waals surface area contributed by atoms with Crippen LogP contribution in [0.2, 0.25) is 0 Å². The van der Waals surface area contributed by atoms with Gasteiger partial charge in [-0.3, -0.25) is 4.79 Å². The van der Waals surface area contributed by atoms with E-state index in [-0.39, 0.29) is 17.4 Å². The number of piperidine rings is 1. The summed E-state index contributed by atoms with van der Waals surface area (Å²) in [5.74, 6) is 0.735. The number of amides is 1. The maximum absolute atomic E-state index is 12.3. The predicted molar refractivity (Wildman–Crippen MR) is 87.0 cm³/mol. The largest absolute Gasteiger partial charge is 0.440 e. The normalized spacial score (nSPS) is 19.3. The molecule has 0 bridgehead atoms. The van der Waals surface area contributed by atoms with Gasteiger partial charge in [-0.25, -0.2) is 4.98 Å². The molecule has 5 heteroatoms. The van der Waals surface area contributed by atoms with E-state index in [1.54, 1.807) is 0 Å². The van der Waals surface area contributed by atoms with Gasteiger partial charge in [0, 0.05) is 11.1 Å². The van der Waals surface area contributed by atoms with Crippen molar-refractivity contribution >= 4 is 22.7 Å². The fourth-order valence-electron chi connectivity index (χ4n) is 2.63. The molecule has 1 unspecified atom stereocenters. The van der Waals surface area contributed by atoms with Crippen molar-refractivity contribution in [1.29, 1.82) is 0 Å². The molecule has 1 fully saturated rings.